The Morgan fingerprint density at radius 2 is 1.78 bits per heavy atom. The zero-order chi connectivity index (χ0) is 13.5. The van der Waals surface area contributed by atoms with Crippen LogP contribution in [-0.2, 0) is 0 Å². The van der Waals surface area contributed by atoms with E-state index in [-0.39, 0.29) is 6.04 Å². The molecule has 1 unspecified atom stereocenters. The summed E-state index contributed by atoms with van der Waals surface area (Å²) >= 11 is 0. The Kier molecular flexibility index (Phi) is 6.37. The van der Waals surface area contributed by atoms with Gasteiger partial charge in [0.05, 0.1) is 0 Å². The highest BCUT2D eigenvalue weighted by atomic mass is 14.9. The van der Waals surface area contributed by atoms with Crippen LogP contribution in [0.25, 0.3) is 0 Å². The SMILES string of the molecule is CCC(CC)CNC(CN)c1ccc(C)c(C)c1. The molecule has 0 aliphatic carbocycles. The van der Waals surface area contributed by atoms with Gasteiger partial charge in [0, 0.05) is 12.6 Å². The van der Waals surface area contributed by atoms with Crippen LogP contribution in [-0.4, -0.2) is 13.1 Å². The normalized spacial score (nSPS) is 13.0. The van der Waals surface area contributed by atoms with Crippen molar-refractivity contribution >= 4 is 0 Å². The van der Waals surface area contributed by atoms with Crippen LogP contribution in [0.1, 0.15) is 49.4 Å². The summed E-state index contributed by atoms with van der Waals surface area (Å²) in [4.78, 5) is 0. The van der Waals surface area contributed by atoms with Gasteiger partial charge < -0.3 is 11.1 Å². The fourth-order valence-electron chi connectivity index (χ4n) is 2.20. The van der Waals surface area contributed by atoms with Crippen molar-refractivity contribution in [2.75, 3.05) is 13.1 Å². The molecule has 0 amide bonds. The Labute approximate surface area is 112 Å². The molecule has 2 nitrogen and oxygen atoms in total. The van der Waals surface area contributed by atoms with E-state index in [9.17, 15) is 0 Å². The molecule has 18 heavy (non-hydrogen) atoms. The van der Waals surface area contributed by atoms with Crippen molar-refractivity contribution in [3.05, 3.63) is 34.9 Å². The summed E-state index contributed by atoms with van der Waals surface area (Å²) in [6.07, 6.45) is 2.46. The van der Waals surface area contributed by atoms with Gasteiger partial charge in [-0.1, -0.05) is 44.9 Å². The van der Waals surface area contributed by atoms with Crippen LogP contribution in [0.3, 0.4) is 0 Å². The second-order valence-electron chi connectivity index (χ2n) is 5.22. The van der Waals surface area contributed by atoms with Gasteiger partial charge in [0.15, 0.2) is 0 Å². The molecule has 0 radical (unpaired) electrons. The van der Waals surface area contributed by atoms with Crippen LogP contribution in [0.5, 0.6) is 0 Å². The van der Waals surface area contributed by atoms with Crippen molar-refractivity contribution in [3.8, 4) is 0 Å². The molecule has 0 saturated carbocycles. The highest BCUT2D eigenvalue weighted by molar-refractivity contribution is 5.31. The molecule has 0 spiro atoms. The van der Waals surface area contributed by atoms with Crippen LogP contribution in [0, 0.1) is 19.8 Å². The first-order chi connectivity index (χ1) is 8.62. The van der Waals surface area contributed by atoms with Crippen molar-refractivity contribution in [3.63, 3.8) is 0 Å². The second kappa shape index (κ2) is 7.55. The molecule has 102 valence electrons. The Morgan fingerprint density at radius 3 is 2.28 bits per heavy atom. The number of nitrogens with one attached hydrogen (secondary N) is 1. The third-order valence-electron chi connectivity index (χ3n) is 3.98. The van der Waals surface area contributed by atoms with E-state index in [0.717, 1.165) is 12.5 Å². The third kappa shape index (κ3) is 4.11. The number of nitrogens with two attached hydrogens (primary N) is 1. The Hall–Kier alpha value is -0.860. The number of hydrogen-bond acceptors (Lipinski definition) is 2. The summed E-state index contributed by atoms with van der Waals surface area (Å²) in [5.74, 6) is 0.755. The summed E-state index contributed by atoms with van der Waals surface area (Å²) in [7, 11) is 0. The highest BCUT2D eigenvalue weighted by Gasteiger charge is 2.12. The molecule has 1 atom stereocenters. The maximum absolute atomic E-state index is 5.90. The van der Waals surface area contributed by atoms with E-state index in [2.05, 4.69) is 51.2 Å². The molecule has 1 aromatic rings. The molecule has 2 heteroatoms. The Bertz CT molecular complexity index is 356. The Morgan fingerprint density at radius 1 is 1.11 bits per heavy atom. The number of rotatable bonds is 7. The smallest absolute Gasteiger partial charge is 0.0444 e. The van der Waals surface area contributed by atoms with Crippen molar-refractivity contribution in [1.29, 1.82) is 0 Å². The van der Waals surface area contributed by atoms with Crippen LogP contribution in [0.15, 0.2) is 18.2 Å². The van der Waals surface area contributed by atoms with E-state index in [1.165, 1.54) is 29.5 Å². The van der Waals surface area contributed by atoms with Gasteiger partial charge in [0.1, 0.15) is 0 Å². The summed E-state index contributed by atoms with van der Waals surface area (Å²) in [5, 5.41) is 3.61. The van der Waals surface area contributed by atoms with Crippen LogP contribution in [0.2, 0.25) is 0 Å². The fourth-order valence-corrected chi connectivity index (χ4v) is 2.20. The molecular weight excluding hydrogens is 220 g/mol. The minimum atomic E-state index is 0.282. The van der Waals surface area contributed by atoms with Crippen molar-refractivity contribution in [2.24, 2.45) is 11.7 Å². The molecule has 3 N–H and O–H groups in total. The van der Waals surface area contributed by atoms with Gasteiger partial charge in [-0.2, -0.15) is 0 Å². The standard InChI is InChI=1S/C16H28N2/c1-5-14(6-2)11-18-16(10-17)15-8-7-12(3)13(4)9-15/h7-9,14,16,18H,5-6,10-11,17H2,1-4H3. The Balaban J connectivity index is 2.67. The molecule has 0 heterocycles. The summed E-state index contributed by atoms with van der Waals surface area (Å²) in [6.45, 7) is 10.5. The lowest BCUT2D eigenvalue weighted by atomic mass is 9.99. The van der Waals surface area contributed by atoms with Crippen LogP contribution < -0.4 is 11.1 Å². The predicted molar refractivity (Wildman–Crippen MR) is 79.8 cm³/mol. The van der Waals surface area contributed by atoms with E-state index >= 15 is 0 Å². The average molecular weight is 248 g/mol. The lowest BCUT2D eigenvalue weighted by Gasteiger charge is -2.21. The highest BCUT2D eigenvalue weighted by Crippen LogP contribution is 2.17. The molecule has 0 aromatic heterocycles. The van der Waals surface area contributed by atoms with Gasteiger partial charge in [-0.05, 0) is 43.0 Å². The first-order valence-electron chi connectivity index (χ1n) is 7.12. The molecular formula is C16H28N2. The number of hydrogen-bond donors (Lipinski definition) is 2. The van der Waals surface area contributed by atoms with Gasteiger partial charge in [-0.3, -0.25) is 0 Å². The van der Waals surface area contributed by atoms with Gasteiger partial charge in [0.25, 0.3) is 0 Å². The molecule has 0 saturated heterocycles. The minimum Gasteiger partial charge on any atom is -0.329 e. The maximum Gasteiger partial charge on any atom is 0.0444 e. The maximum atomic E-state index is 5.90. The van der Waals surface area contributed by atoms with E-state index in [0.29, 0.717) is 6.54 Å². The molecule has 1 rings (SSSR count). The second-order valence-corrected chi connectivity index (χ2v) is 5.22. The zero-order valence-electron chi connectivity index (χ0n) is 12.3. The van der Waals surface area contributed by atoms with Crippen molar-refractivity contribution in [2.45, 2.75) is 46.6 Å². The third-order valence-corrected chi connectivity index (χ3v) is 3.98. The molecule has 0 fully saturated rings. The topological polar surface area (TPSA) is 38.0 Å². The van der Waals surface area contributed by atoms with Gasteiger partial charge in [0.2, 0.25) is 0 Å². The van der Waals surface area contributed by atoms with Crippen molar-refractivity contribution in [1.82, 2.24) is 5.32 Å². The van der Waals surface area contributed by atoms with Crippen LogP contribution in [0.4, 0.5) is 0 Å². The van der Waals surface area contributed by atoms with Crippen molar-refractivity contribution < 1.29 is 0 Å². The van der Waals surface area contributed by atoms with Gasteiger partial charge >= 0.3 is 0 Å². The minimum absolute atomic E-state index is 0.282. The summed E-state index contributed by atoms with van der Waals surface area (Å²) in [6, 6.07) is 6.92. The van der Waals surface area contributed by atoms with Gasteiger partial charge in [-0.25, -0.2) is 0 Å². The molecule has 0 aliphatic rings. The van der Waals surface area contributed by atoms with E-state index in [1.54, 1.807) is 0 Å². The van der Waals surface area contributed by atoms with E-state index < -0.39 is 0 Å². The lowest BCUT2D eigenvalue weighted by molar-refractivity contribution is 0.414. The zero-order valence-corrected chi connectivity index (χ0v) is 12.3. The predicted octanol–water partition coefficient (Wildman–Crippen LogP) is 3.33. The molecule has 0 aliphatic heterocycles. The fraction of sp³-hybridized carbons (Fsp3) is 0.625. The van der Waals surface area contributed by atoms with E-state index in [1.807, 2.05) is 0 Å². The van der Waals surface area contributed by atoms with Crippen LogP contribution >= 0.6 is 0 Å². The first kappa shape index (κ1) is 15.2. The lowest BCUT2D eigenvalue weighted by Crippen LogP contribution is -2.32. The number of benzene rings is 1. The number of aryl methyl sites for hydroxylation is 2. The quantitative estimate of drug-likeness (QED) is 0.777. The largest absolute Gasteiger partial charge is 0.329 e. The molecule has 1 aromatic carbocycles. The molecule has 0 bridgehead atoms. The average Bonchev–Trinajstić information content (AvgIpc) is 2.38. The summed E-state index contributed by atoms with van der Waals surface area (Å²) < 4.78 is 0. The van der Waals surface area contributed by atoms with Gasteiger partial charge in [-0.15, -0.1) is 0 Å². The first-order valence-corrected chi connectivity index (χ1v) is 7.12. The summed E-state index contributed by atoms with van der Waals surface area (Å²) in [5.41, 5.74) is 9.90. The van der Waals surface area contributed by atoms with E-state index in [4.69, 9.17) is 5.73 Å². The monoisotopic (exact) mass is 248 g/mol.